The minimum absolute atomic E-state index is 0.0789. The van der Waals surface area contributed by atoms with E-state index in [9.17, 15) is 8.78 Å². The smallest absolute Gasteiger partial charge is 0.159 e. The maximum Gasteiger partial charge on any atom is 0.159 e. The van der Waals surface area contributed by atoms with E-state index in [1.807, 2.05) is 22.6 Å². The van der Waals surface area contributed by atoms with Crippen LogP contribution in [0, 0.1) is 21.1 Å². The van der Waals surface area contributed by atoms with Crippen LogP contribution in [0.25, 0.3) is 0 Å². The van der Waals surface area contributed by atoms with Gasteiger partial charge in [-0.2, -0.15) is 0 Å². The van der Waals surface area contributed by atoms with E-state index >= 15 is 0 Å². The fourth-order valence-corrected chi connectivity index (χ4v) is 3.26. The highest BCUT2D eigenvalue weighted by molar-refractivity contribution is 14.1. The molecular weight excluding hydrogens is 379 g/mol. The standard InChI is InChI=1S/C14H18F2INO2/c1-19-14(20-2)9-3-5-18(6-4-9)13-11(15)7-10(17)8-12(13)16/h7-9,14H,3-6H2,1-2H3. The number of hydrogen-bond donors (Lipinski definition) is 0. The van der Waals surface area contributed by atoms with Gasteiger partial charge in [0.1, 0.15) is 5.69 Å². The summed E-state index contributed by atoms with van der Waals surface area (Å²) in [6, 6.07) is 2.72. The molecule has 1 aliphatic rings. The number of benzene rings is 1. The van der Waals surface area contributed by atoms with Gasteiger partial charge in [0.05, 0.1) is 0 Å². The molecular formula is C14H18F2INO2. The normalized spacial score (nSPS) is 17.0. The molecule has 1 saturated heterocycles. The number of methoxy groups -OCH3 is 2. The van der Waals surface area contributed by atoms with Crippen LogP contribution in [-0.4, -0.2) is 33.6 Å². The number of nitrogens with zero attached hydrogens (tertiary/aromatic N) is 1. The summed E-state index contributed by atoms with van der Waals surface area (Å²) in [5.74, 6) is -0.734. The molecule has 1 aromatic rings. The molecule has 0 saturated carbocycles. The number of piperidine rings is 1. The molecule has 112 valence electrons. The zero-order chi connectivity index (χ0) is 14.7. The Labute approximate surface area is 131 Å². The Morgan fingerprint density at radius 1 is 1.15 bits per heavy atom. The lowest BCUT2D eigenvalue weighted by molar-refractivity contribution is -0.141. The second-order valence-electron chi connectivity index (χ2n) is 4.88. The van der Waals surface area contributed by atoms with Crippen molar-refractivity contribution in [3.05, 3.63) is 27.3 Å². The Balaban J connectivity index is 2.08. The number of hydrogen-bond acceptors (Lipinski definition) is 3. The van der Waals surface area contributed by atoms with Crippen molar-refractivity contribution >= 4 is 28.3 Å². The van der Waals surface area contributed by atoms with Gasteiger partial charge in [0, 0.05) is 36.8 Å². The minimum atomic E-state index is -0.497. The largest absolute Gasteiger partial charge is 0.367 e. The van der Waals surface area contributed by atoms with Crippen LogP contribution >= 0.6 is 22.6 Å². The molecule has 6 heteroatoms. The van der Waals surface area contributed by atoms with Gasteiger partial charge in [0.25, 0.3) is 0 Å². The second-order valence-corrected chi connectivity index (χ2v) is 6.13. The third-order valence-corrected chi connectivity index (χ3v) is 4.31. The van der Waals surface area contributed by atoms with Crippen molar-refractivity contribution in [2.45, 2.75) is 19.1 Å². The summed E-state index contributed by atoms with van der Waals surface area (Å²) in [5, 5.41) is 0. The summed E-state index contributed by atoms with van der Waals surface area (Å²) in [6.07, 6.45) is 1.33. The molecule has 2 rings (SSSR count). The van der Waals surface area contributed by atoms with Gasteiger partial charge in [-0.15, -0.1) is 0 Å². The maximum absolute atomic E-state index is 13.9. The summed E-state index contributed by atoms with van der Waals surface area (Å²) < 4.78 is 39.0. The average Bonchev–Trinajstić information content (AvgIpc) is 2.40. The van der Waals surface area contributed by atoms with Gasteiger partial charge in [0.2, 0.25) is 0 Å². The van der Waals surface area contributed by atoms with Crippen molar-refractivity contribution < 1.29 is 18.3 Å². The van der Waals surface area contributed by atoms with Crippen LogP contribution in [0.1, 0.15) is 12.8 Å². The van der Waals surface area contributed by atoms with E-state index in [2.05, 4.69) is 0 Å². The van der Waals surface area contributed by atoms with Crippen LogP contribution < -0.4 is 4.90 Å². The third kappa shape index (κ3) is 3.40. The molecule has 0 aromatic heterocycles. The van der Waals surface area contributed by atoms with Crippen LogP contribution in [0.4, 0.5) is 14.5 Å². The lowest BCUT2D eigenvalue weighted by atomic mass is 9.95. The average molecular weight is 397 g/mol. The minimum Gasteiger partial charge on any atom is -0.367 e. The first-order chi connectivity index (χ1) is 9.56. The molecule has 20 heavy (non-hydrogen) atoms. The molecule has 0 amide bonds. The Morgan fingerprint density at radius 2 is 1.65 bits per heavy atom. The van der Waals surface area contributed by atoms with Crippen LogP contribution in [0.2, 0.25) is 0 Å². The topological polar surface area (TPSA) is 21.7 Å². The third-order valence-electron chi connectivity index (χ3n) is 3.69. The Kier molecular flexibility index (Phi) is 5.57. The summed E-state index contributed by atoms with van der Waals surface area (Å²) in [5.41, 5.74) is 0.0789. The Bertz CT molecular complexity index is 437. The molecule has 1 fully saturated rings. The highest BCUT2D eigenvalue weighted by atomic mass is 127. The summed E-state index contributed by atoms with van der Waals surface area (Å²) in [7, 11) is 3.22. The van der Waals surface area contributed by atoms with Crippen molar-refractivity contribution in [2.75, 3.05) is 32.2 Å². The molecule has 1 aliphatic heterocycles. The zero-order valence-electron chi connectivity index (χ0n) is 11.5. The van der Waals surface area contributed by atoms with Gasteiger partial charge in [0.15, 0.2) is 17.9 Å². The molecule has 0 bridgehead atoms. The zero-order valence-corrected chi connectivity index (χ0v) is 13.7. The van der Waals surface area contributed by atoms with Gasteiger partial charge in [-0.1, -0.05) is 0 Å². The molecule has 0 N–H and O–H groups in total. The number of ether oxygens (including phenoxy) is 2. The lowest BCUT2D eigenvalue weighted by Crippen LogP contribution is -2.39. The molecule has 0 unspecified atom stereocenters. The predicted octanol–water partition coefficient (Wildman–Crippen LogP) is 3.40. The summed E-state index contributed by atoms with van der Waals surface area (Å²) >= 11 is 1.91. The van der Waals surface area contributed by atoms with Crippen molar-refractivity contribution in [1.82, 2.24) is 0 Å². The van der Waals surface area contributed by atoms with Gasteiger partial charge in [-0.3, -0.25) is 0 Å². The molecule has 0 radical (unpaired) electrons. The fourth-order valence-electron chi connectivity index (χ4n) is 2.71. The van der Waals surface area contributed by atoms with E-state index in [0.29, 0.717) is 16.7 Å². The highest BCUT2D eigenvalue weighted by Gasteiger charge is 2.28. The second kappa shape index (κ2) is 7.00. The molecule has 0 aliphatic carbocycles. The molecule has 1 aromatic carbocycles. The van der Waals surface area contributed by atoms with Gasteiger partial charge < -0.3 is 14.4 Å². The first kappa shape index (κ1) is 15.9. The van der Waals surface area contributed by atoms with Crippen molar-refractivity contribution in [3.8, 4) is 0 Å². The summed E-state index contributed by atoms with van der Waals surface area (Å²) in [4.78, 5) is 1.76. The first-order valence-corrected chi connectivity index (χ1v) is 7.59. The molecule has 0 spiro atoms. The van der Waals surface area contributed by atoms with Gasteiger partial charge in [-0.05, 0) is 47.6 Å². The van der Waals surface area contributed by atoms with E-state index in [0.717, 1.165) is 12.8 Å². The van der Waals surface area contributed by atoms with E-state index in [4.69, 9.17) is 9.47 Å². The lowest BCUT2D eigenvalue weighted by Gasteiger charge is -2.36. The molecule has 1 heterocycles. The van der Waals surface area contributed by atoms with E-state index < -0.39 is 11.6 Å². The van der Waals surface area contributed by atoms with Crippen molar-refractivity contribution in [3.63, 3.8) is 0 Å². The monoisotopic (exact) mass is 397 g/mol. The van der Waals surface area contributed by atoms with Crippen LogP contribution in [0.5, 0.6) is 0 Å². The van der Waals surface area contributed by atoms with Gasteiger partial charge >= 0.3 is 0 Å². The van der Waals surface area contributed by atoms with Crippen LogP contribution in [0.15, 0.2) is 12.1 Å². The van der Waals surface area contributed by atoms with E-state index in [1.165, 1.54) is 12.1 Å². The number of halogens is 3. The maximum atomic E-state index is 13.9. The quantitative estimate of drug-likeness (QED) is 0.575. The van der Waals surface area contributed by atoms with Gasteiger partial charge in [-0.25, -0.2) is 8.78 Å². The highest BCUT2D eigenvalue weighted by Crippen LogP contribution is 2.31. The Morgan fingerprint density at radius 3 is 2.10 bits per heavy atom. The van der Waals surface area contributed by atoms with E-state index in [-0.39, 0.29) is 17.9 Å². The number of rotatable bonds is 4. The predicted molar refractivity (Wildman–Crippen MR) is 81.8 cm³/mol. The van der Waals surface area contributed by atoms with Crippen molar-refractivity contribution in [2.24, 2.45) is 5.92 Å². The summed E-state index contributed by atoms with van der Waals surface area (Å²) in [6.45, 7) is 1.20. The first-order valence-electron chi connectivity index (χ1n) is 6.52. The molecule has 0 atom stereocenters. The fraction of sp³-hybridized carbons (Fsp3) is 0.571. The van der Waals surface area contributed by atoms with Crippen molar-refractivity contribution in [1.29, 1.82) is 0 Å². The Hall–Kier alpha value is -0.470. The number of anilines is 1. The van der Waals surface area contributed by atoms with E-state index in [1.54, 1.807) is 19.1 Å². The SMILES string of the molecule is COC(OC)C1CCN(c2c(F)cc(I)cc2F)CC1. The van der Waals surface area contributed by atoms with Crippen LogP contribution in [-0.2, 0) is 9.47 Å². The van der Waals surface area contributed by atoms with Crippen LogP contribution in [0.3, 0.4) is 0 Å². The molecule has 3 nitrogen and oxygen atoms in total.